The molecule has 0 N–H and O–H groups in total. The summed E-state index contributed by atoms with van der Waals surface area (Å²) in [5.74, 6) is 0.278. The number of aromatic nitrogens is 5. The molecule has 0 radical (unpaired) electrons. The predicted molar refractivity (Wildman–Crippen MR) is 82.8 cm³/mol. The highest BCUT2D eigenvalue weighted by Crippen LogP contribution is 2.19. The van der Waals surface area contributed by atoms with Crippen LogP contribution in [0.5, 0.6) is 0 Å². The molecule has 0 bridgehead atoms. The zero-order valence-corrected chi connectivity index (χ0v) is 12.7. The van der Waals surface area contributed by atoms with E-state index in [0.717, 1.165) is 0 Å². The standard InChI is InChI=1S/C16H10FN5O3/c17-12-3-1-2-10(6-12)16-21-19-13(25-16)8-22-7-11(4-5-14(22)23)15-20-18-9-24-15/h1-7,9H,8H2. The van der Waals surface area contributed by atoms with Crippen LogP contribution in [0.1, 0.15) is 5.89 Å². The van der Waals surface area contributed by atoms with E-state index >= 15 is 0 Å². The van der Waals surface area contributed by atoms with E-state index in [1.807, 2.05) is 0 Å². The maximum atomic E-state index is 13.3. The van der Waals surface area contributed by atoms with Gasteiger partial charge in [0.05, 0.1) is 5.56 Å². The summed E-state index contributed by atoms with van der Waals surface area (Å²) < 4.78 is 25.3. The van der Waals surface area contributed by atoms with Gasteiger partial charge in [-0.3, -0.25) is 4.79 Å². The third-order valence-corrected chi connectivity index (χ3v) is 3.43. The van der Waals surface area contributed by atoms with Crippen molar-refractivity contribution in [3.8, 4) is 22.9 Å². The highest BCUT2D eigenvalue weighted by molar-refractivity contribution is 5.52. The lowest BCUT2D eigenvalue weighted by Crippen LogP contribution is -2.19. The molecule has 0 fully saturated rings. The number of hydrogen-bond acceptors (Lipinski definition) is 7. The molecule has 4 rings (SSSR count). The molecule has 8 nitrogen and oxygen atoms in total. The van der Waals surface area contributed by atoms with Crippen LogP contribution >= 0.6 is 0 Å². The summed E-state index contributed by atoms with van der Waals surface area (Å²) in [6, 6.07) is 8.78. The van der Waals surface area contributed by atoms with Gasteiger partial charge in [0.1, 0.15) is 12.4 Å². The first-order valence-electron chi connectivity index (χ1n) is 7.24. The van der Waals surface area contributed by atoms with Crippen molar-refractivity contribution in [2.24, 2.45) is 0 Å². The lowest BCUT2D eigenvalue weighted by Gasteiger charge is -2.03. The van der Waals surface area contributed by atoms with Crippen LogP contribution in [-0.4, -0.2) is 25.0 Å². The molecule has 0 aliphatic heterocycles. The van der Waals surface area contributed by atoms with E-state index in [4.69, 9.17) is 8.83 Å². The van der Waals surface area contributed by atoms with E-state index in [-0.39, 0.29) is 23.9 Å². The van der Waals surface area contributed by atoms with Crippen molar-refractivity contribution in [3.05, 3.63) is 71.1 Å². The van der Waals surface area contributed by atoms with Crippen LogP contribution in [0.3, 0.4) is 0 Å². The summed E-state index contributed by atoms with van der Waals surface area (Å²) in [6.07, 6.45) is 2.76. The highest BCUT2D eigenvalue weighted by Gasteiger charge is 2.12. The van der Waals surface area contributed by atoms with Crippen molar-refractivity contribution in [3.63, 3.8) is 0 Å². The van der Waals surface area contributed by atoms with E-state index < -0.39 is 5.82 Å². The van der Waals surface area contributed by atoms with Crippen LogP contribution < -0.4 is 5.56 Å². The van der Waals surface area contributed by atoms with Crippen molar-refractivity contribution < 1.29 is 13.2 Å². The Morgan fingerprint density at radius 2 is 1.96 bits per heavy atom. The van der Waals surface area contributed by atoms with Gasteiger partial charge in [0.25, 0.3) is 5.56 Å². The van der Waals surface area contributed by atoms with E-state index in [9.17, 15) is 9.18 Å². The molecular weight excluding hydrogens is 329 g/mol. The monoisotopic (exact) mass is 339 g/mol. The minimum atomic E-state index is -0.402. The second kappa shape index (κ2) is 6.11. The fourth-order valence-electron chi connectivity index (χ4n) is 2.28. The first-order chi connectivity index (χ1) is 12.2. The molecular formula is C16H10FN5O3. The number of halogens is 1. The van der Waals surface area contributed by atoms with Gasteiger partial charge in [0.15, 0.2) is 0 Å². The fourth-order valence-corrected chi connectivity index (χ4v) is 2.28. The van der Waals surface area contributed by atoms with E-state index in [1.54, 1.807) is 24.4 Å². The molecule has 0 spiro atoms. The molecule has 0 saturated heterocycles. The number of benzene rings is 1. The number of pyridine rings is 1. The van der Waals surface area contributed by atoms with Gasteiger partial charge in [-0.1, -0.05) is 6.07 Å². The maximum absolute atomic E-state index is 13.3. The molecule has 9 heteroatoms. The Balaban J connectivity index is 1.63. The van der Waals surface area contributed by atoms with Crippen LogP contribution in [0.15, 0.2) is 62.6 Å². The molecule has 0 amide bonds. The first-order valence-corrected chi connectivity index (χ1v) is 7.24. The number of rotatable bonds is 4. The Morgan fingerprint density at radius 3 is 2.76 bits per heavy atom. The second-order valence-electron chi connectivity index (χ2n) is 5.14. The maximum Gasteiger partial charge on any atom is 0.251 e. The van der Waals surface area contributed by atoms with Crippen LogP contribution in [0.4, 0.5) is 4.39 Å². The van der Waals surface area contributed by atoms with Crippen LogP contribution in [0, 0.1) is 5.82 Å². The van der Waals surface area contributed by atoms with Gasteiger partial charge < -0.3 is 13.4 Å². The average molecular weight is 339 g/mol. The largest absolute Gasteiger partial charge is 0.423 e. The Labute approximate surface area is 139 Å². The van der Waals surface area contributed by atoms with Crippen molar-refractivity contribution >= 4 is 0 Å². The summed E-state index contributed by atoms with van der Waals surface area (Å²) in [6.45, 7) is 0.0587. The van der Waals surface area contributed by atoms with Crippen LogP contribution in [-0.2, 0) is 6.54 Å². The quantitative estimate of drug-likeness (QED) is 0.561. The lowest BCUT2D eigenvalue weighted by atomic mass is 10.2. The Kier molecular flexibility index (Phi) is 3.65. The molecule has 1 aromatic carbocycles. The van der Waals surface area contributed by atoms with Gasteiger partial charge in [0, 0.05) is 17.8 Å². The molecule has 3 aromatic heterocycles. The smallest absolute Gasteiger partial charge is 0.251 e. The first kappa shape index (κ1) is 14.9. The van der Waals surface area contributed by atoms with Gasteiger partial charge in [0.2, 0.25) is 24.1 Å². The molecule has 0 unspecified atom stereocenters. The minimum absolute atomic E-state index is 0.0587. The van der Waals surface area contributed by atoms with Gasteiger partial charge in [-0.2, -0.15) is 0 Å². The van der Waals surface area contributed by atoms with Crippen LogP contribution in [0.2, 0.25) is 0 Å². The average Bonchev–Trinajstić information content (AvgIpc) is 3.29. The molecule has 0 atom stereocenters. The topological polar surface area (TPSA) is 99.8 Å². The third kappa shape index (κ3) is 3.07. The Bertz CT molecular complexity index is 1070. The number of hydrogen-bond donors (Lipinski definition) is 0. The molecule has 124 valence electrons. The normalized spacial score (nSPS) is 10.9. The molecule has 0 aliphatic rings. The fraction of sp³-hybridized carbons (Fsp3) is 0.0625. The van der Waals surface area contributed by atoms with E-state index in [1.165, 1.54) is 29.2 Å². The second-order valence-corrected chi connectivity index (χ2v) is 5.14. The van der Waals surface area contributed by atoms with E-state index in [2.05, 4.69) is 20.4 Å². The molecule has 0 aliphatic carbocycles. The SMILES string of the molecule is O=c1ccc(-c2nnco2)cn1Cc1nnc(-c2cccc(F)c2)o1. The summed E-state index contributed by atoms with van der Waals surface area (Å²) in [4.78, 5) is 12.0. The minimum Gasteiger partial charge on any atom is -0.423 e. The third-order valence-electron chi connectivity index (χ3n) is 3.43. The van der Waals surface area contributed by atoms with Crippen molar-refractivity contribution in [2.75, 3.05) is 0 Å². The summed E-state index contributed by atoms with van der Waals surface area (Å²) >= 11 is 0. The molecule has 3 heterocycles. The highest BCUT2D eigenvalue weighted by atomic mass is 19.1. The summed E-state index contributed by atoms with van der Waals surface area (Å²) in [5, 5.41) is 15.2. The summed E-state index contributed by atoms with van der Waals surface area (Å²) in [7, 11) is 0. The van der Waals surface area contributed by atoms with Crippen molar-refractivity contribution in [1.82, 2.24) is 25.0 Å². The van der Waals surface area contributed by atoms with Gasteiger partial charge in [-0.25, -0.2) is 4.39 Å². The van der Waals surface area contributed by atoms with E-state index in [0.29, 0.717) is 17.0 Å². The zero-order chi connectivity index (χ0) is 17.2. The lowest BCUT2D eigenvalue weighted by molar-refractivity contribution is 0.483. The van der Waals surface area contributed by atoms with Crippen molar-refractivity contribution in [1.29, 1.82) is 0 Å². The predicted octanol–water partition coefficient (Wildman–Crippen LogP) is 2.14. The Hall–Kier alpha value is -3.62. The molecule has 25 heavy (non-hydrogen) atoms. The zero-order valence-electron chi connectivity index (χ0n) is 12.7. The van der Waals surface area contributed by atoms with Crippen molar-refractivity contribution in [2.45, 2.75) is 6.54 Å². The number of nitrogens with zero attached hydrogens (tertiary/aromatic N) is 5. The summed E-state index contributed by atoms with van der Waals surface area (Å²) in [5.41, 5.74) is 0.793. The molecule has 0 saturated carbocycles. The van der Waals surface area contributed by atoms with Gasteiger partial charge in [-0.05, 0) is 24.3 Å². The van der Waals surface area contributed by atoms with Gasteiger partial charge in [-0.15, -0.1) is 20.4 Å². The Morgan fingerprint density at radius 1 is 1.04 bits per heavy atom. The van der Waals surface area contributed by atoms with Crippen LogP contribution in [0.25, 0.3) is 22.9 Å². The molecule has 4 aromatic rings. The van der Waals surface area contributed by atoms with Gasteiger partial charge >= 0.3 is 0 Å².